The molecule has 0 aliphatic carbocycles. The Labute approximate surface area is 156 Å². The van der Waals surface area contributed by atoms with Crippen LogP contribution in [0.3, 0.4) is 0 Å². The second kappa shape index (κ2) is 7.24. The fraction of sp³-hybridized carbons (Fsp3) is 0.316. The average molecular weight is 363 g/mol. The van der Waals surface area contributed by atoms with Crippen molar-refractivity contribution in [3.63, 3.8) is 0 Å². The van der Waals surface area contributed by atoms with Crippen LogP contribution in [0, 0.1) is 0 Å². The van der Waals surface area contributed by atoms with Crippen LogP contribution >= 0.6 is 0 Å². The molecule has 0 saturated carbocycles. The second-order valence-electron chi connectivity index (χ2n) is 6.66. The smallest absolute Gasteiger partial charge is 0.221 e. The van der Waals surface area contributed by atoms with Gasteiger partial charge in [-0.3, -0.25) is 4.98 Å². The van der Waals surface area contributed by atoms with Gasteiger partial charge in [0.05, 0.1) is 24.9 Å². The summed E-state index contributed by atoms with van der Waals surface area (Å²) >= 11 is 0. The standard InChI is InChI=1S/C19H21N7O/c1-13(2)25(8-9-27)17-11-21-18-19(22-17)26(24-23-18)12-14-5-6-16-15(10-14)4-3-7-20-16/h3-7,10-11,13,27H,8-9,12H2,1-2H3. The lowest BCUT2D eigenvalue weighted by atomic mass is 10.1. The van der Waals surface area contributed by atoms with Crippen molar-refractivity contribution in [3.05, 3.63) is 48.3 Å². The number of aliphatic hydroxyl groups excluding tert-OH is 1. The topological polar surface area (TPSA) is 92.8 Å². The van der Waals surface area contributed by atoms with E-state index in [2.05, 4.69) is 40.2 Å². The highest BCUT2D eigenvalue weighted by atomic mass is 16.3. The van der Waals surface area contributed by atoms with Crippen LogP contribution in [-0.2, 0) is 6.54 Å². The van der Waals surface area contributed by atoms with E-state index in [9.17, 15) is 5.11 Å². The Hall–Kier alpha value is -3.13. The van der Waals surface area contributed by atoms with Crippen molar-refractivity contribution in [2.24, 2.45) is 0 Å². The van der Waals surface area contributed by atoms with Gasteiger partial charge in [0.1, 0.15) is 5.82 Å². The summed E-state index contributed by atoms with van der Waals surface area (Å²) in [4.78, 5) is 15.5. The molecule has 0 spiro atoms. The van der Waals surface area contributed by atoms with Gasteiger partial charge in [0.2, 0.25) is 5.65 Å². The van der Waals surface area contributed by atoms with Crippen LogP contribution in [0.2, 0.25) is 0 Å². The third kappa shape index (κ3) is 3.43. The number of rotatable bonds is 6. The molecule has 0 saturated heterocycles. The van der Waals surface area contributed by atoms with Gasteiger partial charge < -0.3 is 10.0 Å². The molecule has 1 aromatic carbocycles. The number of hydrogen-bond donors (Lipinski definition) is 1. The Balaban J connectivity index is 1.69. The van der Waals surface area contributed by atoms with Gasteiger partial charge in [-0.05, 0) is 37.6 Å². The monoisotopic (exact) mass is 363 g/mol. The van der Waals surface area contributed by atoms with Crippen molar-refractivity contribution in [1.82, 2.24) is 29.9 Å². The van der Waals surface area contributed by atoms with E-state index in [1.807, 2.05) is 29.2 Å². The lowest BCUT2D eigenvalue weighted by molar-refractivity contribution is 0.298. The van der Waals surface area contributed by atoms with Crippen LogP contribution in [0.4, 0.5) is 5.82 Å². The Kier molecular flexibility index (Phi) is 4.64. The minimum atomic E-state index is 0.0561. The number of benzene rings is 1. The first-order valence-corrected chi connectivity index (χ1v) is 8.93. The van der Waals surface area contributed by atoms with Crippen LogP contribution in [-0.4, -0.2) is 54.2 Å². The third-order valence-corrected chi connectivity index (χ3v) is 4.47. The Bertz CT molecular complexity index is 1080. The summed E-state index contributed by atoms with van der Waals surface area (Å²) in [5.41, 5.74) is 3.19. The second-order valence-corrected chi connectivity index (χ2v) is 6.66. The molecule has 0 atom stereocenters. The van der Waals surface area contributed by atoms with Crippen LogP contribution in [0.15, 0.2) is 42.7 Å². The van der Waals surface area contributed by atoms with Gasteiger partial charge >= 0.3 is 0 Å². The van der Waals surface area contributed by atoms with Gasteiger partial charge in [-0.15, -0.1) is 5.10 Å². The molecule has 8 heteroatoms. The molecule has 0 amide bonds. The van der Waals surface area contributed by atoms with E-state index >= 15 is 0 Å². The van der Waals surface area contributed by atoms with Crippen molar-refractivity contribution >= 4 is 28.0 Å². The summed E-state index contributed by atoms with van der Waals surface area (Å²) in [6, 6.07) is 10.3. The quantitative estimate of drug-likeness (QED) is 0.560. The normalized spacial score (nSPS) is 11.6. The minimum Gasteiger partial charge on any atom is -0.395 e. The number of nitrogens with zero attached hydrogens (tertiary/aromatic N) is 7. The maximum Gasteiger partial charge on any atom is 0.221 e. The van der Waals surface area contributed by atoms with Crippen molar-refractivity contribution in [3.8, 4) is 0 Å². The van der Waals surface area contributed by atoms with Gasteiger partial charge in [0.25, 0.3) is 0 Å². The van der Waals surface area contributed by atoms with Gasteiger partial charge in [-0.1, -0.05) is 17.3 Å². The maximum atomic E-state index is 9.33. The first-order chi connectivity index (χ1) is 13.2. The number of fused-ring (bicyclic) bond motifs is 2. The fourth-order valence-electron chi connectivity index (χ4n) is 3.13. The summed E-state index contributed by atoms with van der Waals surface area (Å²) < 4.78 is 1.75. The Morgan fingerprint density at radius 1 is 1.19 bits per heavy atom. The van der Waals surface area contributed by atoms with E-state index in [1.54, 1.807) is 17.1 Å². The van der Waals surface area contributed by atoms with Crippen molar-refractivity contribution in [1.29, 1.82) is 0 Å². The predicted molar refractivity (Wildman–Crippen MR) is 104 cm³/mol. The molecule has 4 aromatic rings. The van der Waals surface area contributed by atoms with E-state index in [0.29, 0.717) is 30.2 Å². The van der Waals surface area contributed by atoms with Gasteiger partial charge in [-0.25, -0.2) is 14.6 Å². The van der Waals surface area contributed by atoms with E-state index in [-0.39, 0.29) is 12.6 Å². The molecule has 0 bridgehead atoms. The summed E-state index contributed by atoms with van der Waals surface area (Å²) in [6.07, 6.45) is 3.47. The molecule has 0 unspecified atom stereocenters. The molecule has 27 heavy (non-hydrogen) atoms. The highest BCUT2D eigenvalue weighted by Crippen LogP contribution is 2.18. The number of anilines is 1. The predicted octanol–water partition coefficient (Wildman–Crippen LogP) is 2.02. The summed E-state index contributed by atoms with van der Waals surface area (Å²) in [5, 5.41) is 18.8. The largest absolute Gasteiger partial charge is 0.395 e. The summed E-state index contributed by atoms with van der Waals surface area (Å²) in [6.45, 7) is 5.21. The fourth-order valence-corrected chi connectivity index (χ4v) is 3.13. The van der Waals surface area contributed by atoms with Gasteiger partial charge in [0, 0.05) is 24.2 Å². The third-order valence-electron chi connectivity index (χ3n) is 4.47. The van der Waals surface area contributed by atoms with Crippen molar-refractivity contribution in [2.45, 2.75) is 26.4 Å². The molecular weight excluding hydrogens is 342 g/mol. The molecule has 4 rings (SSSR count). The van der Waals surface area contributed by atoms with Gasteiger partial charge in [-0.2, -0.15) is 0 Å². The van der Waals surface area contributed by atoms with Crippen LogP contribution < -0.4 is 4.90 Å². The maximum absolute atomic E-state index is 9.33. The molecule has 0 fully saturated rings. The summed E-state index contributed by atoms with van der Waals surface area (Å²) in [7, 11) is 0. The zero-order valence-electron chi connectivity index (χ0n) is 15.3. The minimum absolute atomic E-state index is 0.0561. The average Bonchev–Trinajstić information content (AvgIpc) is 3.08. The van der Waals surface area contributed by atoms with Crippen molar-refractivity contribution in [2.75, 3.05) is 18.1 Å². The van der Waals surface area contributed by atoms with E-state index in [4.69, 9.17) is 4.98 Å². The SMILES string of the molecule is CC(C)N(CCO)c1cnc2nnn(Cc3ccc4ncccc4c3)c2n1. The first kappa shape index (κ1) is 17.3. The molecule has 3 aromatic heterocycles. The Morgan fingerprint density at radius 3 is 2.89 bits per heavy atom. The molecule has 1 N–H and O–H groups in total. The van der Waals surface area contributed by atoms with E-state index in [1.165, 1.54) is 0 Å². The highest BCUT2D eigenvalue weighted by molar-refractivity contribution is 5.79. The molecular formula is C19H21N7O. The molecule has 138 valence electrons. The number of aliphatic hydroxyl groups is 1. The van der Waals surface area contributed by atoms with E-state index in [0.717, 1.165) is 16.5 Å². The lowest BCUT2D eigenvalue weighted by Crippen LogP contribution is -2.34. The summed E-state index contributed by atoms with van der Waals surface area (Å²) in [5.74, 6) is 0.706. The zero-order valence-corrected chi connectivity index (χ0v) is 15.3. The lowest BCUT2D eigenvalue weighted by Gasteiger charge is -2.26. The molecule has 0 aliphatic heterocycles. The molecule has 0 radical (unpaired) electrons. The molecule has 0 aliphatic rings. The van der Waals surface area contributed by atoms with E-state index < -0.39 is 0 Å². The van der Waals surface area contributed by atoms with Crippen LogP contribution in [0.5, 0.6) is 0 Å². The van der Waals surface area contributed by atoms with Crippen LogP contribution in [0.1, 0.15) is 19.4 Å². The number of hydrogen-bond acceptors (Lipinski definition) is 7. The Morgan fingerprint density at radius 2 is 2.07 bits per heavy atom. The highest BCUT2D eigenvalue weighted by Gasteiger charge is 2.15. The molecule has 8 nitrogen and oxygen atoms in total. The number of pyridine rings is 1. The van der Waals surface area contributed by atoms with Crippen LogP contribution in [0.25, 0.3) is 22.2 Å². The zero-order chi connectivity index (χ0) is 18.8. The van der Waals surface area contributed by atoms with Gasteiger partial charge in [0.15, 0.2) is 5.65 Å². The van der Waals surface area contributed by atoms with Crippen molar-refractivity contribution < 1.29 is 5.11 Å². The molecule has 3 heterocycles. The first-order valence-electron chi connectivity index (χ1n) is 8.93. The number of aromatic nitrogens is 6.